The third-order valence-corrected chi connectivity index (χ3v) is 3.85. The van der Waals surface area contributed by atoms with Crippen molar-refractivity contribution >= 4 is 39.4 Å². The molecule has 0 saturated carbocycles. The molecule has 1 atom stereocenters. The third-order valence-electron chi connectivity index (χ3n) is 3.12. The molecule has 23 heavy (non-hydrogen) atoms. The number of nitrogens with one attached hydrogen (secondary N) is 1. The van der Waals surface area contributed by atoms with Crippen LogP contribution in [0.1, 0.15) is 28.9 Å². The molecule has 0 aliphatic carbocycles. The normalized spacial score (nSPS) is 11.6. The second-order valence-corrected chi connectivity index (χ2v) is 6.28. The Morgan fingerprint density at radius 3 is 2.65 bits per heavy atom. The van der Waals surface area contributed by atoms with Gasteiger partial charge in [-0.15, -0.1) is 0 Å². The van der Waals surface area contributed by atoms with E-state index in [1.165, 1.54) is 0 Å². The maximum atomic E-state index is 11.9. The molecule has 0 aliphatic rings. The van der Waals surface area contributed by atoms with Gasteiger partial charge in [0.15, 0.2) is 6.61 Å². The van der Waals surface area contributed by atoms with Crippen molar-refractivity contribution in [2.24, 2.45) is 0 Å². The van der Waals surface area contributed by atoms with Crippen molar-refractivity contribution in [2.75, 3.05) is 6.61 Å². The number of carbonyl (C=O) groups is 2. The van der Waals surface area contributed by atoms with E-state index in [0.29, 0.717) is 10.6 Å². The zero-order valence-electron chi connectivity index (χ0n) is 12.4. The molecule has 0 heterocycles. The topological polar surface area (TPSA) is 55.4 Å². The Hall–Kier alpha value is -1.85. The van der Waals surface area contributed by atoms with Gasteiger partial charge in [0.05, 0.1) is 11.6 Å². The highest BCUT2D eigenvalue weighted by atomic mass is 79.9. The summed E-state index contributed by atoms with van der Waals surface area (Å²) in [6.07, 6.45) is 0. The standard InChI is InChI=1S/C17H15BrClNO3/c1-11(12-4-3-7-15(19)9-12)20-16(21)10-23-17(22)13-5-2-6-14(18)8-13/h2-9,11H,10H2,1H3,(H,20,21)/t11-/m1/s1. The second-order valence-electron chi connectivity index (χ2n) is 4.93. The highest BCUT2D eigenvalue weighted by molar-refractivity contribution is 9.10. The maximum Gasteiger partial charge on any atom is 0.338 e. The van der Waals surface area contributed by atoms with Crippen LogP contribution in [0.3, 0.4) is 0 Å². The summed E-state index contributed by atoms with van der Waals surface area (Å²) in [5.74, 6) is -0.919. The van der Waals surface area contributed by atoms with Crippen LogP contribution in [0.4, 0.5) is 0 Å². The lowest BCUT2D eigenvalue weighted by Gasteiger charge is -2.14. The molecule has 0 fully saturated rings. The average molecular weight is 397 g/mol. The number of hydrogen-bond donors (Lipinski definition) is 1. The monoisotopic (exact) mass is 395 g/mol. The average Bonchev–Trinajstić information content (AvgIpc) is 2.52. The van der Waals surface area contributed by atoms with Gasteiger partial charge in [-0.25, -0.2) is 4.79 Å². The van der Waals surface area contributed by atoms with Gasteiger partial charge in [0, 0.05) is 9.50 Å². The third kappa shape index (κ3) is 5.37. The van der Waals surface area contributed by atoms with E-state index in [1.807, 2.05) is 19.1 Å². The van der Waals surface area contributed by atoms with Crippen LogP contribution < -0.4 is 5.32 Å². The largest absolute Gasteiger partial charge is 0.452 e. The molecule has 6 heteroatoms. The predicted octanol–water partition coefficient (Wildman–Crippen LogP) is 4.14. The van der Waals surface area contributed by atoms with Gasteiger partial charge < -0.3 is 10.1 Å². The van der Waals surface area contributed by atoms with E-state index < -0.39 is 5.97 Å². The number of hydrogen-bond acceptors (Lipinski definition) is 3. The molecule has 1 amide bonds. The zero-order valence-corrected chi connectivity index (χ0v) is 14.7. The highest BCUT2D eigenvalue weighted by Crippen LogP contribution is 2.17. The van der Waals surface area contributed by atoms with Gasteiger partial charge in [0.2, 0.25) is 0 Å². The minimum Gasteiger partial charge on any atom is -0.452 e. The first kappa shape index (κ1) is 17.5. The lowest BCUT2D eigenvalue weighted by molar-refractivity contribution is -0.124. The maximum absolute atomic E-state index is 11.9. The SMILES string of the molecule is C[C@@H](NC(=O)COC(=O)c1cccc(Br)c1)c1cccc(Cl)c1. The van der Waals surface area contributed by atoms with Gasteiger partial charge in [-0.3, -0.25) is 4.79 Å². The van der Waals surface area contributed by atoms with Crippen molar-refractivity contribution < 1.29 is 14.3 Å². The summed E-state index contributed by atoms with van der Waals surface area (Å²) in [5.41, 5.74) is 1.26. The van der Waals surface area contributed by atoms with Crippen molar-refractivity contribution in [1.29, 1.82) is 0 Å². The van der Waals surface area contributed by atoms with Crippen LogP contribution in [0.2, 0.25) is 5.02 Å². The Balaban J connectivity index is 1.86. The van der Waals surface area contributed by atoms with E-state index >= 15 is 0 Å². The van der Waals surface area contributed by atoms with Crippen molar-refractivity contribution in [3.63, 3.8) is 0 Å². The summed E-state index contributed by atoms with van der Waals surface area (Å²) in [6.45, 7) is 1.50. The number of rotatable bonds is 5. The summed E-state index contributed by atoms with van der Waals surface area (Å²) in [7, 11) is 0. The lowest BCUT2D eigenvalue weighted by Crippen LogP contribution is -2.31. The molecule has 0 aromatic heterocycles. The molecule has 2 rings (SSSR count). The Morgan fingerprint density at radius 2 is 1.96 bits per heavy atom. The molecule has 0 aliphatic heterocycles. The van der Waals surface area contributed by atoms with Crippen LogP contribution >= 0.6 is 27.5 Å². The molecule has 1 N–H and O–H groups in total. The predicted molar refractivity (Wildman–Crippen MR) is 92.4 cm³/mol. The van der Waals surface area contributed by atoms with Crippen molar-refractivity contribution in [2.45, 2.75) is 13.0 Å². The van der Waals surface area contributed by atoms with E-state index in [1.54, 1.807) is 36.4 Å². The molecule has 0 saturated heterocycles. The lowest BCUT2D eigenvalue weighted by atomic mass is 10.1. The summed E-state index contributed by atoms with van der Waals surface area (Å²) in [4.78, 5) is 23.7. The first-order chi connectivity index (χ1) is 11.0. The van der Waals surface area contributed by atoms with E-state index in [4.69, 9.17) is 16.3 Å². The van der Waals surface area contributed by atoms with Crippen molar-refractivity contribution in [1.82, 2.24) is 5.32 Å². The van der Waals surface area contributed by atoms with Crippen LogP contribution in [0.5, 0.6) is 0 Å². The quantitative estimate of drug-likeness (QED) is 0.773. The Labute approximate surface area is 147 Å². The molecule has 0 bridgehead atoms. The van der Waals surface area contributed by atoms with Gasteiger partial charge >= 0.3 is 5.97 Å². The number of amides is 1. The van der Waals surface area contributed by atoms with Gasteiger partial charge in [-0.1, -0.05) is 45.7 Å². The summed E-state index contributed by atoms with van der Waals surface area (Å²) in [5, 5.41) is 3.36. The van der Waals surface area contributed by atoms with Crippen LogP contribution in [0.25, 0.3) is 0 Å². The Morgan fingerprint density at radius 1 is 1.22 bits per heavy atom. The Bertz CT molecular complexity index is 720. The summed E-state index contributed by atoms with van der Waals surface area (Å²) in [6, 6.07) is 13.8. The molecular formula is C17H15BrClNO3. The van der Waals surface area contributed by atoms with Crippen LogP contribution in [0, 0.1) is 0 Å². The molecule has 0 unspecified atom stereocenters. The Kier molecular flexibility index (Phi) is 6.19. The van der Waals surface area contributed by atoms with Crippen molar-refractivity contribution in [3.05, 3.63) is 69.2 Å². The molecule has 0 spiro atoms. The van der Waals surface area contributed by atoms with E-state index in [9.17, 15) is 9.59 Å². The second kappa shape index (κ2) is 8.13. The van der Waals surface area contributed by atoms with E-state index in [-0.39, 0.29) is 18.6 Å². The fraction of sp³-hybridized carbons (Fsp3) is 0.176. The van der Waals surface area contributed by atoms with Gasteiger partial charge in [0.25, 0.3) is 5.91 Å². The highest BCUT2D eigenvalue weighted by Gasteiger charge is 2.13. The zero-order chi connectivity index (χ0) is 16.8. The number of benzene rings is 2. The van der Waals surface area contributed by atoms with Gasteiger partial charge in [-0.2, -0.15) is 0 Å². The fourth-order valence-electron chi connectivity index (χ4n) is 1.97. The van der Waals surface area contributed by atoms with Gasteiger partial charge in [-0.05, 0) is 42.8 Å². The van der Waals surface area contributed by atoms with E-state index in [2.05, 4.69) is 21.2 Å². The molecule has 2 aromatic carbocycles. The summed E-state index contributed by atoms with van der Waals surface area (Å²) < 4.78 is 5.78. The number of carbonyl (C=O) groups excluding carboxylic acids is 2. The first-order valence-electron chi connectivity index (χ1n) is 6.93. The number of halogens is 2. The minimum atomic E-state index is -0.545. The minimum absolute atomic E-state index is 0.231. The smallest absolute Gasteiger partial charge is 0.338 e. The van der Waals surface area contributed by atoms with E-state index in [0.717, 1.165) is 10.0 Å². The van der Waals surface area contributed by atoms with Crippen LogP contribution in [-0.2, 0) is 9.53 Å². The molecular weight excluding hydrogens is 382 g/mol. The molecule has 0 radical (unpaired) electrons. The molecule has 120 valence electrons. The fourth-order valence-corrected chi connectivity index (χ4v) is 2.57. The van der Waals surface area contributed by atoms with Crippen LogP contribution in [-0.4, -0.2) is 18.5 Å². The first-order valence-corrected chi connectivity index (χ1v) is 8.10. The van der Waals surface area contributed by atoms with Crippen LogP contribution in [0.15, 0.2) is 53.0 Å². The molecule has 4 nitrogen and oxygen atoms in total. The molecule has 2 aromatic rings. The number of esters is 1. The summed E-state index contributed by atoms with van der Waals surface area (Å²) >= 11 is 9.20. The number of ether oxygens (including phenoxy) is 1. The van der Waals surface area contributed by atoms with Crippen molar-refractivity contribution in [3.8, 4) is 0 Å². The van der Waals surface area contributed by atoms with Gasteiger partial charge in [0.1, 0.15) is 0 Å².